The fourth-order valence-electron chi connectivity index (χ4n) is 2.14. The molecule has 1 aromatic heterocycles. The smallest absolute Gasteiger partial charge is 0.259 e. The van der Waals surface area contributed by atoms with Crippen molar-refractivity contribution < 1.29 is 9.32 Å². The van der Waals surface area contributed by atoms with Crippen LogP contribution in [0.3, 0.4) is 0 Å². The van der Waals surface area contributed by atoms with Crippen LogP contribution in [0.4, 0.5) is 0 Å². The molecule has 16 heavy (non-hydrogen) atoms. The number of nitrogens with two attached hydrogens (primary N) is 1. The largest absolute Gasteiger partial charge is 0.361 e. The number of nitrogens with zero attached hydrogens (tertiary/aromatic N) is 2. The molecule has 5 nitrogen and oxygen atoms in total. The zero-order valence-electron chi connectivity index (χ0n) is 9.69. The summed E-state index contributed by atoms with van der Waals surface area (Å²) in [6, 6.07) is 0.0955. The van der Waals surface area contributed by atoms with E-state index >= 15 is 0 Å². The van der Waals surface area contributed by atoms with Crippen LogP contribution in [0.5, 0.6) is 0 Å². The number of hydrogen-bond acceptors (Lipinski definition) is 4. The van der Waals surface area contributed by atoms with Gasteiger partial charge in [0, 0.05) is 19.1 Å². The summed E-state index contributed by atoms with van der Waals surface area (Å²) in [7, 11) is 0. The van der Waals surface area contributed by atoms with E-state index in [4.69, 9.17) is 10.3 Å². The van der Waals surface area contributed by atoms with Gasteiger partial charge < -0.3 is 15.2 Å². The highest BCUT2D eigenvalue weighted by molar-refractivity contribution is 5.96. The van der Waals surface area contributed by atoms with Gasteiger partial charge in [0.2, 0.25) is 0 Å². The van der Waals surface area contributed by atoms with Crippen LogP contribution in [0.2, 0.25) is 0 Å². The van der Waals surface area contributed by atoms with Crippen LogP contribution in [0, 0.1) is 13.8 Å². The molecule has 0 aromatic carbocycles. The summed E-state index contributed by atoms with van der Waals surface area (Å²) in [4.78, 5) is 14.0. The molecule has 2 N–H and O–H groups in total. The van der Waals surface area contributed by atoms with Gasteiger partial charge in [0.1, 0.15) is 11.3 Å². The molecule has 0 unspecified atom stereocenters. The van der Waals surface area contributed by atoms with Crippen molar-refractivity contribution in [1.82, 2.24) is 10.1 Å². The molecule has 1 aliphatic heterocycles. The molecule has 2 heterocycles. The second-order valence-corrected chi connectivity index (χ2v) is 4.35. The molecule has 2 rings (SSSR count). The van der Waals surface area contributed by atoms with Gasteiger partial charge >= 0.3 is 0 Å². The van der Waals surface area contributed by atoms with E-state index in [2.05, 4.69) is 5.16 Å². The fourth-order valence-corrected chi connectivity index (χ4v) is 2.14. The third-order valence-electron chi connectivity index (χ3n) is 2.99. The molecule has 1 atom stereocenters. The van der Waals surface area contributed by atoms with Gasteiger partial charge in [0.15, 0.2) is 0 Å². The van der Waals surface area contributed by atoms with Gasteiger partial charge in [-0.3, -0.25) is 4.79 Å². The van der Waals surface area contributed by atoms with Gasteiger partial charge in [-0.15, -0.1) is 0 Å². The van der Waals surface area contributed by atoms with E-state index in [1.165, 1.54) is 0 Å². The normalized spacial score (nSPS) is 21.2. The summed E-state index contributed by atoms with van der Waals surface area (Å²) in [5.41, 5.74) is 7.11. The van der Waals surface area contributed by atoms with Crippen molar-refractivity contribution in [2.24, 2.45) is 5.73 Å². The Kier molecular flexibility index (Phi) is 2.96. The van der Waals surface area contributed by atoms with Crippen LogP contribution in [0.15, 0.2) is 4.52 Å². The highest BCUT2D eigenvalue weighted by Gasteiger charge is 2.26. The average molecular weight is 223 g/mol. The maximum Gasteiger partial charge on any atom is 0.259 e. The summed E-state index contributed by atoms with van der Waals surface area (Å²) >= 11 is 0. The molecule has 1 aromatic rings. The molecule has 1 saturated heterocycles. The van der Waals surface area contributed by atoms with E-state index in [-0.39, 0.29) is 11.9 Å². The molecule has 0 bridgehead atoms. The van der Waals surface area contributed by atoms with E-state index in [1.54, 1.807) is 18.7 Å². The van der Waals surface area contributed by atoms with Crippen LogP contribution in [0.1, 0.15) is 34.7 Å². The maximum absolute atomic E-state index is 12.2. The van der Waals surface area contributed by atoms with Crippen LogP contribution >= 0.6 is 0 Å². The minimum atomic E-state index is -0.00796. The maximum atomic E-state index is 12.2. The molecular weight excluding hydrogens is 206 g/mol. The van der Waals surface area contributed by atoms with E-state index < -0.39 is 0 Å². The molecule has 1 fully saturated rings. The molecule has 0 saturated carbocycles. The monoisotopic (exact) mass is 223 g/mol. The topological polar surface area (TPSA) is 72.4 Å². The van der Waals surface area contributed by atoms with Gasteiger partial charge in [-0.05, 0) is 26.7 Å². The average Bonchev–Trinajstić information content (AvgIpc) is 2.58. The Labute approximate surface area is 94.6 Å². The molecule has 1 amide bonds. The summed E-state index contributed by atoms with van der Waals surface area (Å²) in [5.74, 6) is 0.577. The van der Waals surface area contributed by atoms with Crippen molar-refractivity contribution in [1.29, 1.82) is 0 Å². The van der Waals surface area contributed by atoms with Crippen LogP contribution < -0.4 is 5.73 Å². The quantitative estimate of drug-likeness (QED) is 0.766. The number of aryl methyl sites for hydroxylation is 2. The second-order valence-electron chi connectivity index (χ2n) is 4.35. The predicted octanol–water partition coefficient (Wildman–Crippen LogP) is 0.855. The van der Waals surface area contributed by atoms with Crippen molar-refractivity contribution in [2.75, 3.05) is 13.1 Å². The first-order valence-corrected chi connectivity index (χ1v) is 5.57. The number of hydrogen-bond donors (Lipinski definition) is 1. The molecular formula is C11H17N3O2. The summed E-state index contributed by atoms with van der Waals surface area (Å²) in [6.45, 7) is 4.95. The molecule has 1 aliphatic rings. The lowest BCUT2D eigenvalue weighted by atomic mass is 10.0. The minimum Gasteiger partial charge on any atom is -0.361 e. The lowest BCUT2D eigenvalue weighted by Gasteiger charge is -2.30. The number of piperidine rings is 1. The first-order valence-electron chi connectivity index (χ1n) is 5.57. The van der Waals surface area contributed by atoms with E-state index in [0.29, 0.717) is 23.6 Å². The minimum absolute atomic E-state index is 0.00796. The number of likely N-dealkylation sites (tertiary alicyclic amines) is 1. The fraction of sp³-hybridized carbons (Fsp3) is 0.636. The highest BCUT2D eigenvalue weighted by Crippen LogP contribution is 2.18. The van der Waals surface area contributed by atoms with Crippen molar-refractivity contribution in [3.63, 3.8) is 0 Å². The van der Waals surface area contributed by atoms with Gasteiger partial charge in [0.25, 0.3) is 5.91 Å². The van der Waals surface area contributed by atoms with Gasteiger partial charge in [0.05, 0.1) is 5.69 Å². The van der Waals surface area contributed by atoms with Crippen molar-refractivity contribution in [2.45, 2.75) is 32.7 Å². The van der Waals surface area contributed by atoms with Gasteiger partial charge in [-0.25, -0.2) is 0 Å². The number of carbonyl (C=O) groups is 1. The molecule has 88 valence electrons. The van der Waals surface area contributed by atoms with Crippen molar-refractivity contribution in [3.05, 3.63) is 17.0 Å². The van der Waals surface area contributed by atoms with Crippen LogP contribution in [-0.2, 0) is 0 Å². The summed E-state index contributed by atoms with van der Waals surface area (Å²) in [5, 5.41) is 3.80. The first kappa shape index (κ1) is 11.1. The Hall–Kier alpha value is -1.36. The second kappa shape index (κ2) is 4.25. The molecule has 0 aliphatic carbocycles. The summed E-state index contributed by atoms with van der Waals surface area (Å²) < 4.78 is 5.01. The summed E-state index contributed by atoms with van der Waals surface area (Å²) in [6.07, 6.45) is 1.96. The van der Waals surface area contributed by atoms with Crippen LogP contribution in [-0.4, -0.2) is 35.1 Å². The first-order chi connectivity index (χ1) is 7.59. The Morgan fingerprint density at radius 3 is 2.88 bits per heavy atom. The number of amides is 1. The SMILES string of the molecule is Cc1noc(C)c1C(=O)N1CCC[C@@H](N)C1. The Bertz CT molecular complexity index is 380. The van der Waals surface area contributed by atoms with E-state index in [0.717, 1.165) is 19.4 Å². The number of carbonyl (C=O) groups excluding carboxylic acids is 1. The van der Waals surface area contributed by atoms with E-state index in [9.17, 15) is 4.79 Å². The van der Waals surface area contributed by atoms with Gasteiger partial charge in [-0.2, -0.15) is 0 Å². The zero-order chi connectivity index (χ0) is 11.7. The lowest BCUT2D eigenvalue weighted by molar-refractivity contribution is 0.0706. The Morgan fingerprint density at radius 2 is 2.31 bits per heavy atom. The lowest BCUT2D eigenvalue weighted by Crippen LogP contribution is -2.45. The van der Waals surface area contributed by atoms with E-state index in [1.807, 2.05) is 0 Å². The molecule has 0 spiro atoms. The number of aromatic nitrogens is 1. The standard InChI is InChI=1S/C11H17N3O2/c1-7-10(8(2)16-13-7)11(15)14-5-3-4-9(12)6-14/h9H,3-6,12H2,1-2H3/t9-/m1/s1. The van der Waals surface area contributed by atoms with Crippen molar-refractivity contribution >= 4 is 5.91 Å². The Morgan fingerprint density at radius 1 is 1.56 bits per heavy atom. The predicted molar refractivity (Wildman–Crippen MR) is 59.1 cm³/mol. The molecule has 0 radical (unpaired) electrons. The Balaban J connectivity index is 2.18. The zero-order valence-corrected chi connectivity index (χ0v) is 9.69. The third-order valence-corrected chi connectivity index (χ3v) is 2.99. The number of rotatable bonds is 1. The molecule has 5 heteroatoms. The highest BCUT2D eigenvalue weighted by atomic mass is 16.5. The van der Waals surface area contributed by atoms with Gasteiger partial charge in [-0.1, -0.05) is 5.16 Å². The van der Waals surface area contributed by atoms with Crippen LogP contribution in [0.25, 0.3) is 0 Å². The third kappa shape index (κ3) is 1.95. The van der Waals surface area contributed by atoms with Crippen molar-refractivity contribution in [3.8, 4) is 0 Å².